The fourth-order valence-corrected chi connectivity index (χ4v) is 2.99. The van der Waals surface area contributed by atoms with Gasteiger partial charge in [0.2, 0.25) is 5.91 Å². The van der Waals surface area contributed by atoms with E-state index >= 15 is 0 Å². The van der Waals surface area contributed by atoms with E-state index in [9.17, 15) is 4.79 Å². The summed E-state index contributed by atoms with van der Waals surface area (Å²) in [6.07, 6.45) is 6.63. The van der Waals surface area contributed by atoms with Crippen molar-refractivity contribution in [2.45, 2.75) is 58.4 Å². The first-order chi connectivity index (χ1) is 8.03. The third kappa shape index (κ3) is 3.01. The first kappa shape index (κ1) is 12.9. The van der Waals surface area contributed by atoms with Crippen molar-refractivity contribution in [1.29, 1.82) is 0 Å². The van der Waals surface area contributed by atoms with Crippen molar-refractivity contribution in [2.24, 2.45) is 23.0 Å². The number of amides is 1. The summed E-state index contributed by atoms with van der Waals surface area (Å²) in [6, 6.07) is 0.236. The summed E-state index contributed by atoms with van der Waals surface area (Å²) in [6.45, 7) is 5.39. The molecule has 0 saturated heterocycles. The van der Waals surface area contributed by atoms with Crippen LogP contribution in [0.5, 0.6) is 0 Å². The van der Waals surface area contributed by atoms with Crippen LogP contribution in [0.1, 0.15) is 52.4 Å². The highest BCUT2D eigenvalue weighted by molar-refractivity contribution is 5.78. The summed E-state index contributed by atoms with van der Waals surface area (Å²) in [5, 5.41) is 3.16. The Balaban J connectivity index is 1.77. The molecule has 0 aromatic heterocycles. The van der Waals surface area contributed by atoms with Crippen molar-refractivity contribution in [1.82, 2.24) is 5.32 Å². The van der Waals surface area contributed by atoms with E-state index in [0.717, 1.165) is 32.2 Å². The van der Waals surface area contributed by atoms with Crippen LogP contribution in [0.3, 0.4) is 0 Å². The Morgan fingerprint density at radius 3 is 2.65 bits per heavy atom. The van der Waals surface area contributed by atoms with Gasteiger partial charge in [-0.05, 0) is 43.4 Å². The van der Waals surface area contributed by atoms with Gasteiger partial charge in [-0.1, -0.05) is 20.3 Å². The normalized spacial score (nSPS) is 31.3. The van der Waals surface area contributed by atoms with Crippen LogP contribution in [-0.4, -0.2) is 18.5 Å². The summed E-state index contributed by atoms with van der Waals surface area (Å²) >= 11 is 0. The third-order valence-electron chi connectivity index (χ3n) is 4.82. The van der Waals surface area contributed by atoms with Gasteiger partial charge in [0.25, 0.3) is 0 Å². The third-order valence-corrected chi connectivity index (χ3v) is 4.82. The zero-order valence-corrected chi connectivity index (χ0v) is 11.2. The second-order valence-electron chi connectivity index (χ2n) is 6.36. The molecule has 2 aliphatic carbocycles. The molecule has 0 bridgehead atoms. The number of hydrogen-bond acceptors (Lipinski definition) is 2. The first-order valence-electron chi connectivity index (χ1n) is 7.07. The lowest BCUT2D eigenvalue weighted by Crippen LogP contribution is -2.40. The predicted octanol–water partition coefficient (Wildman–Crippen LogP) is 2.06. The van der Waals surface area contributed by atoms with Crippen molar-refractivity contribution < 1.29 is 4.79 Å². The van der Waals surface area contributed by atoms with Crippen LogP contribution in [0.4, 0.5) is 0 Å². The zero-order chi connectivity index (χ0) is 12.5. The van der Waals surface area contributed by atoms with Crippen LogP contribution in [0.2, 0.25) is 0 Å². The van der Waals surface area contributed by atoms with Crippen LogP contribution >= 0.6 is 0 Å². The number of carbonyl (C=O) groups is 1. The second kappa shape index (κ2) is 4.97. The molecule has 0 aromatic rings. The van der Waals surface area contributed by atoms with Crippen LogP contribution in [0, 0.1) is 17.3 Å². The molecule has 0 heterocycles. The van der Waals surface area contributed by atoms with E-state index < -0.39 is 0 Å². The highest BCUT2D eigenvalue weighted by Gasteiger charge is 2.45. The predicted molar refractivity (Wildman–Crippen MR) is 69.4 cm³/mol. The van der Waals surface area contributed by atoms with Crippen LogP contribution < -0.4 is 11.1 Å². The number of carbonyl (C=O) groups excluding carboxylic acids is 1. The topological polar surface area (TPSA) is 55.1 Å². The maximum absolute atomic E-state index is 12.1. The van der Waals surface area contributed by atoms with Gasteiger partial charge in [-0.3, -0.25) is 4.79 Å². The quantitative estimate of drug-likeness (QED) is 0.787. The molecule has 3 N–H and O–H groups in total. The molecule has 2 saturated carbocycles. The van der Waals surface area contributed by atoms with Crippen molar-refractivity contribution in [2.75, 3.05) is 6.54 Å². The highest BCUT2D eigenvalue weighted by Crippen LogP contribution is 2.51. The molecule has 3 nitrogen and oxygen atoms in total. The molecule has 0 aromatic carbocycles. The number of rotatable bonds is 4. The van der Waals surface area contributed by atoms with Gasteiger partial charge in [-0.25, -0.2) is 0 Å². The van der Waals surface area contributed by atoms with E-state index in [1.165, 1.54) is 12.8 Å². The minimum Gasteiger partial charge on any atom is -0.355 e. The molecule has 0 radical (unpaired) electrons. The second-order valence-corrected chi connectivity index (χ2v) is 6.36. The molecule has 1 amide bonds. The summed E-state index contributed by atoms with van der Waals surface area (Å²) in [4.78, 5) is 12.1. The fourth-order valence-electron chi connectivity index (χ4n) is 2.99. The number of nitrogens with two attached hydrogens (primary N) is 1. The molecule has 2 rings (SSSR count). The molecular weight excluding hydrogens is 212 g/mol. The van der Waals surface area contributed by atoms with Crippen LogP contribution in [0.25, 0.3) is 0 Å². The van der Waals surface area contributed by atoms with E-state index in [1.807, 2.05) is 0 Å². The Labute approximate surface area is 105 Å². The monoisotopic (exact) mass is 238 g/mol. The average Bonchev–Trinajstić information content (AvgIpc) is 3.07. The molecule has 0 aliphatic heterocycles. The minimum atomic E-state index is 0.168. The van der Waals surface area contributed by atoms with Crippen LogP contribution in [0.15, 0.2) is 0 Å². The van der Waals surface area contributed by atoms with E-state index in [1.54, 1.807) is 0 Å². The smallest absolute Gasteiger partial charge is 0.223 e. The lowest BCUT2D eigenvalue weighted by Gasteiger charge is -2.27. The van der Waals surface area contributed by atoms with Gasteiger partial charge in [0.05, 0.1) is 0 Å². The van der Waals surface area contributed by atoms with E-state index in [2.05, 4.69) is 19.2 Å². The molecular formula is C14H26N2O. The maximum atomic E-state index is 12.1. The number of hydrogen-bond donors (Lipinski definition) is 2. The number of nitrogens with one attached hydrogen (secondary N) is 1. The summed E-state index contributed by atoms with van der Waals surface area (Å²) in [5.41, 5.74) is 6.33. The van der Waals surface area contributed by atoms with Crippen molar-refractivity contribution in [3.63, 3.8) is 0 Å². The van der Waals surface area contributed by atoms with Gasteiger partial charge < -0.3 is 11.1 Å². The summed E-state index contributed by atoms with van der Waals surface area (Å²) in [7, 11) is 0. The van der Waals surface area contributed by atoms with Crippen molar-refractivity contribution in [3.05, 3.63) is 0 Å². The Morgan fingerprint density at radius 2 is 2.12 bits per heavy atom. The van der Waals surface area contributed by atoms with E-state index in [-0.39, 0.29) is 17.9 Å². The van der Waals surface area contributed by atoms with Crippen molar-refractivity contribution >= 4 is 5.91 Å². The standard InChI is InChI=1S/C14H26N2O/c1-10(2)14(6-7-14)9-16-13(17)11-4-3-5-12(15)8-11/h10-12H,3-9,15H2,1-2H3,(H,16,17). The minimum absolute atomic E-state index is 0.168. The molecule has 0 spiro atoms. The summed E-state index contributed by atoms with van der Waals surface area (Å²) in [5.74, 6) is 1.09. The van der Waals surface area contributed by atoms with Gasteiger partial charge >= 0.3 is 0 Å². The largest absolute Gasteiger partial charge is 0.355 e. The molecule has 3 heteroatoms. The lowest BCUT2D eigenvalue weighted by molar-refractivity contribution is -0.126. The molecule has 2 atom stereocenters. The van der Waals surface area contributed by atoms with E-state index in [4.69, 9.17) is 5.73 Å². The molecule has 98 valence electrons. The van der Waals surface area contributed by atoms with Crippen LogP contribution in [-0.2, 0) is 4.79 Å². The first-order valence-corrected chi connectivity index (χ1v) is 7.07. The van der Waals surface area contributed by atoms with E-state index in [0.29, 0.717) is 11.3 Å². The molecule has 2 aliphatic rings. The lowest BCUT2D eigenvalue weighted by atomic mass is 9.85. The molecule has 2 unspecified atom stereocenters. The zero-order valence-electron chi connectivity index (χ0n) is 11.2. The van der Waals surface area contributed by atoms with Gasteiger partial charge in [0.1, 0.15) is 0 Å². The Kier molecular flexibility index (Phi) is 3.76. The Hall–Kier alpha value is -0.570. The SMILES string of the molecule is CC(C)C1(CNC(=O)C2CCCC(N)C2)CC1. The van der Waals surface area contributed by atoms with Gasteiger partial charge in [-0.15, -0.1) is 0 Å². The maximum Gasteiger partial charge on any atom is 0.223 e. The van der Waals surface area contributed by atoms with Gasteiger partial charge in [0, 0.05) is 18.5 Å². The Bertz CT molecular complexity index is 284. The van der Waals surface area contributed by atoms with Gasteiger partial charge in [0.15, 0.2) is 0 Å². The average molecular weight is 238 g/mol. The molecule has 2 fully saturated rings. The highest BCUT2D eigenvalue weighted by atomic mass is 16.1. The van der Waals surface area contributed by atoms with Gasteiger partial charge in [-0.2, -0.15) is 0 Å². The Morgan fingerprint density at radius 1 is 1.41 bits per heavy atom. The summed E-state index contributed by atoms with van der Waals surface area (Å²) < 4.78 is 0. The molecule has 17 heavy (non-hydrogen) atoms. The van der Waals surface area contributed by atoms with Crippen molar-refractivity contribution in [3.8, 4) is 0 Å². The fraction of sp³-hybridized carbons (Fsp3) is 0.929.